The highest BCUT2D eigenvalue weighted by atomic mass is 32.2. The lowest BCUT2D eigenvalue weighted by atomic mass is 9.83. The van der Waals surface area contributed by atoms with E-state index < -0.39 is 15.7 Å². The Bertz CT molecular complexity index is 1760. The SMILES string of the molecule is CCCCCCCCCCCCN(CCCS(=O)(=O)O)c1ccc2cc(C3=C(C#N)C(=C(C#N)C#N)OC3(C)CCCCCCCCCCC)ccc2c1. The first kappa shape index (κ1) is 44.6. The van der Waals surface area contributed by atoms with Gasteiger partial charge in [-0.2, -0.15) is 24.2 Å². The molecule has 294 valence electrons. The van der Waals surface area contributed by atoms with Gasteiger partial charge in [-0.05, 0) is 67.1 Å². The molecule has 0 radical (unpaired) electrons. The van der Waals surface area contributed by atoms with Crippen LogP contribution in [0.2, 0.25) is 0 Å². The number of rotatable bonds is 27. The molecule has 0 saturated carbocycles. The molecule has 0 spiro atoms. The topological polar surface area (TPSA) is 138 Å². The summed E-state index contributed by atoms with van der Waals surface area (Å²) in [4.78, 5) is 2.22. The zero-order valence-electron chi connectivity index (χ0n) is 33.3. The molecule has 3 rings (SSSR count). The normalized spacial score (nSPS) is 15.5. The zero-order valence-corrected chi connectivity index (χ0v) is 34.1. The number of nitrogens with zero attached hydrogens (tertiary/aromatic N) is 4. The van der Waals surface area contributed by atoms with Crippen molar-refractivity contribution in [1.82, 2.24) is 0 Å². The van der Waals surface area contributed by atoms with Crippen LogP contribution in [0.4, 0.5) is 5.69 Å². The van der Waals surface area contributed by atoms with Gasteiger partial charge < -0.3 is 9.64 Å². The fourth-order valence-corrected chi connectivity index (χ4v) is 8.19. The van der Waals surface area contributed by atoms with E-state index in [1.807, 2.05) is 31.2 Å². The summed E-state index contributed by atoms with van der Waals surface area (Å²) in [5.41, 5.74) is 1.71. The molecule has 1 unspecified atom stereocenters. The monoisotopic (exact) mass is 756 g/mol. The Kier molecular flexibility index (Phi) is 19.7. The highest BCUT2D eigenvalue weighted by Gasteiger charge is 2.43. The molecule has 2 aromatic rings. The van der Waals surface area contributed by atoms with Crippen molar-refractivity contribution in [3.05, 3.63) is 58.9 Å². The molecule has 1 N–H and O–H groups in total. The molecular weight excluding hydrogens is 693 g/mol. The van der Waals surface area contributed by atoms with Crippen molar-refractivity contribution in [3.8, 4) is 18.2 Å². The molecule has 0 fully saturated rings. The molecule has 0 bridgehead atoms. The third-order valence-corrected chi connectivity index (χ3v) is 11.5. The third kappa shape index (κ3) is 14.4. The first-order valence-corrected chi connectivity index (χ1v) is 22.3. The van der Waals surface area contributed by atoms with Crippen LogP contribution in [0.15, 0.2) is 53.3 Å². The Labute approximate surface area is 326 Å². The van der Waals surface area contributed by atoms with E-state index in [4.69, 9.17) is 4.74 Å². The van der Waals surface area contributed by atoms with Crippen molar-refractivity contribution >= 4 is 32.2 Å². The summed E-state index contributed by atoms with van der Waals surface area (Å²) in [7, 11) is -4.04. The van der Waals surface area contributed by atoms with Crippen molar-refractivity contribution in [2.24, 2.45) is 0 Å². The van der Waals surface area contributed by atoms with Crippen LogP contribution < -0.4 is 4.90 Å². The number of benzene rings is 2. The van der Waals surface area contributed by atoms with Gasteiger partial charge >= 0.3 is 0 Å². The number of nitriles is 3. The maximum atomic E-state index is 11.5. The minimum atomic E-state index is -4.04. The Morgan fingerprint density at radius 3 is 1.74 bits per heavy atom. The van der Waals surface area contributed by atoms with Crippen molar-refractivity contribution in [1.29, 1.82) is 15.8 Å². The number of anilines is 1. The van der Waals surface area contributed by atoms with Crippen LogP contribution in [0.5, 0.6) is 0 Å². The molecule has 1 heterocycles. The van der Waals surface area contributed by atoms with E-state index in [0.29, 0.717) is 25.0 Å². The Balaban J connectivity index is 1.80. The lowest BCUT2D eigenvalue weighted by Crippen LogP contribution is -2.27. The van der Waals surface area contributed by atoms with Crippen LogP contribution in [0.3, 0.4) is 0 Å². The standard InChI is InChI=1S/C45H64N4O4S/c1-4-6-8-10-12-14-16-18-20-22-29-49(30-23-31-54(50,51)52)41-27-26-37-32-39(25-24-38(37)33-41)43-42(36-48)44(40(34-46)35-47)53-45(43,3)28-21-19-17-15-13-11-9-7-5-2/h24-27,32-33H,4-23,28-31H2,1-3H3,(H,50,51,52). The Hall–Kier alpha value is -3.84. The van der Waals surface area contributed by atoms with Crippen LogP contribution in [-0.4, -0.2) is 37.4 Å². The average molecular weight is 757 g/mol. The predicted molar refractivity (Wildman–Crippen MR) is 221 cm³/mol. The van der Waals surface area contributed by atoms with Gasteiger partial charge in [-0.25, -0.2) is 0 Å². The van der Waals surface area contributed by atoms with E-state index in [0.717, 1.165) is 60.7 Å². The van der Waals surface area contributed by atoms with Crippen LogP contribution in [0, 0.1) is 34.0 Å². The fourth-order valence-electron chi connectivity index (χ4n) is 7.70. The molecule has 8 nitrogen and oxygen atoms in total. The summed E-state index contributed by atoms with van der Waals surface area (Å²) in [6.45, 7) is 7.75. The van der Waals surface area contributed by atoms with E-state index >= 15 is 0 Å². The maximum absolute atomic E-state index is 11.5. The van der Waals surface area contributed by atoms with Crippen LogP contribution >= 0.6 is 0 Å². The number of hydrogen-bond acceptors (Lipinski definition) is 7. The van der Waals surface area contributed by atoms with Crippen molar-refractivity contribution in [3.63, 3.8) is 0 Å². The smallest absolute Gasteiger partial charge is 0.264 e. The van der Waals surface area contributed by atoms with Gasteiger partial charge in [-0.3, -0.25) is 4.55 Å². The number of unbranched alkanes of at least 4 members (excludes halogenated alkanes) is 17. The largest absolute Gasteiger partial charge is 0.479 e. The summed E-state index contributed by atoms with van der Waals surface area (Å²) in [5, 5.41) is 31.8. The second-order valence-electron chi connectivity index (χ2n) is 15.3. The van der Waals surface area contributed by atoms with Crippen LogP contribution in [0.1, 0.15) is 161 Å². The third-order valence-electron chi connectivity index (χ3n) is 10.7. The van der Waals surface area contributed by atoms with E-state index in [1.54, 1.807) is 0 Å². The molecule has 9 heteroatoms. The van der Waals surface area contributed by atoms with E-state index in [-0.39, 0.29) is 22.7 Å². The van der Waals surface area contributed by atoms with E-state index in [1.165, 1.54) is 89.9 Å². The molecule has 2 aromatic carbocycles. The van der Waals surface area contributed by atoms with Crippen LogP contribution in [-0.2, 0) is 14.9 Å². The van der Waals surface area contributed by atoms with Gasteiger partial charge in [0, 0.05) is 24.4 Å². The van der Waals surface area contributed by atoms with Crippen molar-refractivity contribution in [2.75, 3.05) is 23.7 Å². The number of allylic oxidation sites excluding steroid dienone is 2. The molecule has 0 aromatic heterocycles. The highest BCUT2D eigenvalue weighted by Crippen LogP contribution is 2.48. The molecule has 1 atom stereocenters. The number of hydrogen-bond donors (Lipinski definition) is 1. The van der Waals surface area contributed by atoms with Crippen molar-refractivity contribution in [2.45, 2.75) is 161 Å². The summed E-state index contributed by atoms with van der Waals surface area (Å²) in [6, 6.07) is 18.4. The molecule has 1 aliphatic heterocycles. The molecule has 0 saturated heterocycles. The maximum Gasteiger partial charge on any atom is 0.264 e. The lowest BCUT2D eigenvalue weighted by molar-refractivity contribution is 0.0801. The average Bonchev–Trinajstić information content (AvgIpc) is 3.45. The summed E-state index contributed by atoms with van der Waals surface area (Å²) >= 11 is 0. The van der Waals surface area contributed by atoms with Gasteiger partial charge in [0.05, 0.1) is 5.75 Å². The number of ether oxygens (including phenoxy) is 1. The van der Waals surface area contributed by atoms with Crippen molar-refractivity contribution < 1.29 is 17.7 Å². The summed E-state index contributed by atoms with van der Waals surface area (Å²) in [5.74, 6) is -0.205. The second-order valence-corrected chi connectivity index (χ2v) is 16.8. The predicted octanol–water partition coefficient (Wildman–Crippen LogP) is 12.1. The molecule has 0 aliphatic carbocycles. The zero-order chi connectivity index (χ0) is 39.2. The van der Waals surface area contributed by atoms with Gasteiger partial charge in [0.1, 0.15) is 29.4 Å². The highest BCUT2D eigenvalue weighted by molar-refractivity contribution is 7.85. The molecule has 54 heavy (non-hydrogen) atoms. The quantitative estimate of drug-likeness (QED) is 0.0540. The Morgan fingerprint density at radius 2 is 1.20 bits per heavy atom. The van der Waals surface area contributed by atoms with Gasteiger partial charge in [-0.15, -0.1) is 0 Å². The minimum absolute atomic E-state index is 0.0684. The Morgan fingerprint density at radius 1 is 0.704 bits per heavy atom. The molecule has 1 aliphatic rings. The van der Waals surface area contributed by atoms with E-state index in [9.17, 15) is 28.8 Å². The fraction of sp³-hybridized carbons (Fsp3) is 0.622. The van der Waals surface area contributed by atoms with Crippen LogP contribution in [0.25, 0.3) is 16.3 Å². The number of fused-ring (bicyclic) bond motifs is 1. The summed E-state index contributed by atoms with van der Waals surface area (Å²) < 4.78 is 38.8. The van der Waals surface area contributed by atoms with Gasteiger partial charge in [0.2, 0.25) is 0 Å². The molecule has 0 amide bonds. The molecular formula is C45H64N4O4S. The second kappa shape index (κ2) is 23.8. The lowest BCUT2D eigenvalue weighted by Gasteiger charge is -2.28. The summed E-state index contributed by atoms with van der Waals surface area (Å²) in [6.07, 6.45) is 24.0. The van der Waals surface area contributed by atoms with Gasteiger partial charge in [0.15, 0.2) is 11.3 Å². The first-order chi connectivity index (χ1) is 26.1. The van der Waals surface area contributed by atoms with E-state index in [2.05, 4.69) is 49.1 Å². The van der Waals surface area contributed by atoms with Gasteiger partial charge in [0.25, 0.3) is 10.1 Å². The van der Waals surface area contributed by atoms with Gasteiger partial charge in [-0.1, -0.05) is 141 Å². The first-order valence-electron chi connectivity index (χ1n) is 20.7. The minimum Gasteiger partial charge on any atom is -0.479 e.